The third kappa shape index (κ3) is 4.40. The van der Waals surface area contributed by atoms with E-state index in [9.17, 15) is 0 Å². The number of pyridine rings is 1. The van der Waals surface area contributed by atoms with E-state index in [2.05, 4.69) is 4.98 Å². The molecule has 0 saturated carbocycles. The fourth-order valence-corrected chi connectivity index (χ4v) is 1.01. The SMILES string of the molecule is CC(C)=CCOCc1ccc(Cl)nc1. The molecule has 3 heteroatoms. The Kier molecular flexibility index (Phi) is 4.63. The van der Waals surface area contributed by atoms with Crippen LogP contribution in [0, 0.1) is 0 Å². The number of rotatable bonds is 4. The molecule has 0 radical (unpaired) electrons. The summed E-state index contributed by atoms with van der Waals surface area (Å²) in [4.78, 5) is 3.96. The molecule has 14 heavy (non-hydrogen) atoms. The van der Waals surface area contributed by atoms with Crippen molar-refractivity contribution in [1.82, 2.24) is 4.98 Å². The van der Waals surface area contributed by atoms with E-state index in [0.29, 0.717) is 18.4 Å². The van der Waals surface area contributed by atoms with Crippen LogP contribution in [-0.4, -0.2) is 11.6 Å². The van der Waals surface area contributed by atoms with Crippen LogP contribution in [0.4, 0.5) is 0 Å². The molecule has 0 bridgehead atoms. The average Bonchev–Trinajstić information content (AvgIpc) is 2.15. The van der Waals surface area contributed by atoms with E-state index < -0.39 is 0 Å². The Balaban J connectivity index is 2.32. The van der Waals surface area contributed by atoms with Crippen LogP contribution in [0.3, 0.4) is 0 Å². The van der Waals surface area contributed by atoms with Gasteiger partial charge in [0, 0.05) is 6.20 Å². The van der Waals surface area contributed by atoms with Crippen LogP contribution in [-0.2, 0) is 11.3 Å². The van der Waals surface area contributed by atoms with E-state index >= 15 is 0 Å². The molecule has 0 N–H and O–H groups in total. The summed E-state index contributed by atoms with van der Waals surface area (Å²) in [5.41, 5.74) is 2.30. The van der Waals surface area contributed by atoms with Crippen molar-refractivity contribution in [3.63, 3.8) is 0 Å². The second-order valence-corrected chi connectivity index (χ2v) is 3.67. The second-order valence-electron chi connectivity index (χ2n) is 3.29. The maximum atomic E-state index is 5.65. The van der Waals surface area contributed by atoms with Gasteiger partial charge >= 0.3 is 0 Å². The first-order chi connectivity index (χ1) is 6.68. The lowest BCUT2D eigenvalue weighted by Crippen LogP contribution is -1.93. The van der Waals surface area contributed by atoms with Crippen LogP contribution in [0.5, 0.6) is 0 Å². The molecule has 0 aliphatic heterocycles. The van der Waals surface area contributed by atoms with Crippen molar-refractivity contribution >= 4 is 11.6 Å². The van der Waals surface area contributed by atoms with Gasteiger partial charge in [0.25, 0.3) is 0 Å². The van der Waals surface area contributed by atoms with Crippen LogP contribution in [0.2, 0.25) is 5.15 Å². The van der Waals surface area contributed by atoms with Gasteiger partial charge in [0.1, 0.15) is 5.15 Å². The van der Waals surface area contributed by atoms with Gasteiger partial charge < -0.3 is 4.74 Å². The molecule has 0 aromatic carbocycles. The fraction of sp³-hybridized carbons (Fsp3) is 0.364. The van der Waals surface area contributed by atoms with Crippen LogP contribution >= 0.6 is 11.6 Å². The molecule has 0 unspecified atom stereocenters. The third-order valence-electron chi connectivity index (χ3n) is 1.67. The minimum absolute atomic E-state index is 0.512. The maximum absolute atomic E-state index is 5.65. The van der Waals surface area contributed by atoms with E-state index in [4.69, 9.17) is 16.3 Å². The molecule has 0 aliphatic rings. The lowest BCUT2D eigenvalue weighted by molar-refractivity contribution is 0.148. The first-order valence-electron chi connectivity index (χ1n) is 4.50. The zero-order valence-electron chi connectivity index (χ0n) is 8.46. The molecule has 0 atom stereocenters. The van der Waals surface area contributed by atoms with Crippen molar-refractivity contribution < 1.29 is 4.74 Å². The summed E-state index contributed by atoms with van der Waals surface area (Å²) in [5, 5.41) is 0.512. The summed E-state index contributed by atoms with van der Waals surface area (Å²) >= 11 is 5.65. The number of hydrogen-bond donors (Lipinski definition) is 0. The molecular formula is C11H14ClNO. The second kappa shape index (κ2) is 5.78. The predicted octanol–water partition coefficient (Wildman–Crippen LogP) is 3.22. The first-order valence-corrected chi connectivity index (χ1v) is 4.88. The van der Waals surface area contributed by atoms with Crippen molar-refractivity contribution in [3.8, 4) is 0 Å². The van der Waals surface area contributed by atoms with Crippen molar-refractivity contribution in [1.29, 1.82) is 0 Å². The molecule has 1 heterocycles. The number of hydrogen-bond acceptors (Lipinski definition) is 2. The highest BCUT2D eigenvalue weighted by Gasteiger charge is 1.93. The number of allylic oxidation sites excluding steroid dienone is 1. The molecule has 0 amide bonds. The van der Waals surface area contributed by atoms with Crippen molar-refractivity contribution in [3.05, 3.63) is 40.7 Å². The maximum Gasteiger partial charge on any atom is 0.129 e. The van der Waals surface area contributed by atoms with Gasteiger partial charge in [0.05, 0.1) is 13.2 Å². The Hall–Kier alpha value is -0.860. The zero-order valence-corrected chi connectivity index (χ0v) is 9.21. The Morgan fingerprint density at radius 2 is 2.29 bits per heavy atom. The summed E-state index contributed by atoms with van der Waals surface area (Å²) in [5.74, 6) is 0. The number of nitrogens with zero attached hydrogens (tertiary/aromatic N) is 1. The number of aromatic nitrogens is 1. The fourth-order valence-electron chi connectivity index (χ4n) is 0.894. The molecular weight excluding hydrogens is 198 g/mol. The molecule has 0 fully saturated rings. The average molecular weight is 212 g/mol. The van der Waals surface area contributed by atoms with Gasteiger partial charge in [-0.1, -0.05) is 29.3 Å². The molecule has 0 saturated heterocycles. The smallest absolute Gasteiger partial charge is 0.129 e. The first kappa shape index (κ1) is 11.2. The topological polar surface area (TPSA) is 22.1 Å². The third-order valence-corrected chi connectivity index (χ3v) is 1.89. The van der Waals surface area contributed by atoms with Crippen molar-refractivity contribution in [2.75, 3.05) is 6.61 Å². The Morgan fingerprint density at radius 3 is 2.86 bits per heavy atom. The lowest BCUT2D eigenvalue weighted by atomic mass is 10.3. The molecule has 76 valence electrons. The standard InChI is InChI=1S/C11H14ClNO/c1-9(2)5-6-14-8-10-3-4-11(12)13-7-10/h3-5,7H,6,8H2,1-2H3. The van der Waals surface area contributed by atoms with Gasteiger partial charge in [-0.05, 0) is 25.5 Å². The molecule has 1 aromatic rings. The summed E-state index contributed by atoms with van der Waals surface area (Å²) in [6.07, 6.45) is 3.77. The van der Waals surface area contributed by atoms with Gasteiger partial charge in [-0.3, -0.25) is 0 Å². The van der Waals surface area contributed by atoms with Gasteiger partial charge in [-0.25, -0.2) is 4.98 Å². The minimum atomic E-state index is 0.512. The van der Waals surface area contributed by atoms with Gasteiger partial charge in [0.2, 0.25) is 0 Å². The molecule has 0 spiro atoms. The summed E-state index contributed by atoms with van der Waals surface area (Å²) in [7, 11) is 0. The number of halogens is 1. The van der Waals surface area contributed by atoms with E-state index in [1.165, 1.54) is 5.57 Å². The number of ether oxygens (including phenoxy) is 1. The van der Waals surface area contributed by atoms with Crippen LogP contribution in [0.25, 0.3) is 0 Å². The summed E-state index contributed by atoms with van der Waals surface area (Å²) in [6, 6.07) is 3.68. The van der Waals surface area contributed by atoms with E-state index in [-0.39, 0.29) is 0 Å². The normalized spacial score (nSPS) is 9.93. The van der Waals surface area contributed by atoms with Crippen molar-refractivity contribution in [2.45, 2.75) is 20.5 Å². The van der Waals surface area contributed by atoms with Crippen LogP contribution in [0.15, 0.2) is 30.0 Å². The summed E-state index contributed by atoms with van der Waals surface area (Å²) < 4.78 is 5.41. The van der Waals surface area contributed by atoms with Gasteiger partial charge in [-0.15, -0.1) is 0 Å². The van der Waals surface area contributed by atoms with E-state index in [1.807, 2.05) is 26.0 Å². The highest BCUT2D eigenvalue weighted by molar-refractivity contribution is 6.29. The Labute approximate surface area is 89.6 Å². The predicted molar refractivity (Wildman–Crippen MR) is 58.3 cm³/mol. The largest absolute Gasteiger partial charge is 0.373 e. The Bertz CT molecular complexity index is 302. The quantitative estimate of drug-likeness (QED) is 0.434. The van der Waals surface area contributed by atoms with E-state index in [1.54, 1.807) is 12.3 Å². The summed E-state index contributed by atoms with van der Waals surface area (Å²) in [6.45, 7) is 5.32. The van der Waals surface area contributed by atoms with Crippen LogP contribution in [0.1, 0.15) is 19.4 Å². The molecule has 1 rings (SSSR count). The van der Waals surface area contributed by atoms with Crippen molar-refractivity contribution in [2.24, 2.45) is 0 Å². The minimum Gasteiger partial charge on any atom is -0.373 e. The van der Waals surface area contributed by atoms with Gasteiger partial charge in [0.15, 0.2) is 0 Å². The molecule has 1 aromatic heterocycles. The van der Waals surface area contributed by atoms with E-state index in [0.717, 1.165) is 5.56 Å². The lowest BCUT2D eigenvalue weighted by Gasteiger charge is -2.01. The Morgan fingerprint density at radius 1 is 1.50 bits per heavy atom. The highest BCUT2D eigenvalue weighted by Crippen LogP contribution is 2.06. The zero-order chi connectivity index (χ0) is 10.4. The molecule has 2 nitrogen and oxygen atoms in total. The van der Waals surface area contributed by atoms with Crippen LogP contribution < -0.4 is 0 Å². The monoisotopic (exact) mass is 211 g/mol. The molecule has 0 aliphatic carbocycles. The van der Waals surface area contributed by atoms with Gasteiger partial charge in [-0.2, -0.15) is 0 Å². The highest BCUT2D eigenvalue weighted by atomic mass is 35.5.